The molecule has 0 bridgehead atoms. The molecule has 0 saturated heterocycles. The summed E-state index contributed by atoms with van der Waals surface area (Å²) in [6.45, 7) is 2.31. The molecule has 2 aromatic carbocycles. The van der Waals surface area contributed by atoms with Gasteiger partial charge in [-0.25, -0.2) is 4.79 Å². The minimum Gasteiger partial charge on any atom is -0.493 e. The van der Waals surface area contributed by atoms with E-state index in [0.29, 0.717) is 37.9 Å². The number of hydrogen-bond acceptors (Lipinski definition) is 10. The van der Waals surface area contributed by atoms with Crippen molar-refractivity contribution in [2.45, 2.75) is 25.3 Å². The summed E-state index contributed by atoms with van der Waals surface area (Å²) in [6.07, 6.45) is 4.55. The number of benzene rings is 2. The summed E-state index contributed by atoms with van der Waals surface area (Å²) in [4.78, 5) is 42.1. The van der Waals surface area contributed by atoms with Crippen LogP contribution in [0.2, 0.25) is 0 Å². The number of likely N-dealkylation sites (N-methyl/N-ethyl adjacent to an activating group) is 1. The van der Waals surface area contributed by atoms with Gasteiger partial charge in [0.25, 0.3) is 11.8 Å². The number of rotatable bonds is 17. The summed E-state index contributed by atoms with van der Waals surface area (Å²) in [5.74, 6) is 0.690. The Morgan fingerprint density at radius 1 is 0.872 bits per heavy atom. The summed E-state index contributed by atoms with van der Waals surface area (Å²) >= 11 is 0. The number of aromatic nitrogens is 1. The topological polar surface area (TPSA) is 141 Å². The van der Waals surface area contributed by atoms with E-state index in [2.05, 4.69) is 28.5 Å². The number of H-pyrrole nitrogens is 1. The monoisotopic (exact) mass is 650 g/mol. The third-order valence-electron chi connectivity index (χ3n) is 8.23. The van der Waals surface area contributed by atoms with Crippen molar-refractivity contribution in [1.82, 2.24) is 14.8 Å². The Hall–Kier alpha value is -4.59. The lowest BCUT2D eigenvalue weighted by molar-refractivity contribution is -0.137. The Labute approximate surface area is 273 Å². The fourth-order valence-electron chi connectivity index (χ4n) is 5.68. The van der Waals surface area contributed by atoms with Gasteiger partial charge >= 0.3 is 6.09 Å². The van der Waals surface area contributed by atoms with Gasteiger partial charge in [0.15, 0.2) is 11.5 Å². The van der Waals surface area contributed by atoms with Gasteiger partial charge in [-0.05, 0) is 49.1 Å². The molecule has 2 N–H and O–H groups in total. The predicted octanol–water partition coefficient (Wildman–Crippen LogP) is 3.83. The van der Waals surface area contributed by atoms with Crippen LogP contribution < -0.4 is 14.8 Å². The maximum atomic E-state index is 12.8. The number of carbonyl (C=O) groups is 3. The molecular weight excluding hydrogens is 608 g/mol. The molecule has 1 unspecified atom stereocenters. The number of imide groups is 1. The van der Waals surface area contributed by atoms with Crippen LogP contribution >= 0.6 is 0 Å². The lowest BCUT2D eigenvalue weighted by Crippen LogP contribution is -2.41. The van der Waals surface area contributed by atoms with Gasteiger partial charge in [0.05, 0.1) is 60.4 Å². The van der Waals surface area contributed by atoms with E-state index in [1.807, 2.05) is 18.2 Å². The van der Waals surface area contributed by atoms with E-state index in [4.69, 9.17) is 28.4 Å². The van der Waals surface area contributed by atoms with E-state index in [1.54, 1.807) is 26.2 Å². The van der Waals surface area contributed by atoms with Crippen molar-refractivity contribution in [1.29, 1.82) is 0 Å². The van der Waals surface area contributed by atoms with Crippen molar-refractivity contribution in [2.24, 2.45) is 0 Å². The highest BCUT2D eigenvalue weighted by molar-refractivity contribution is 6.12. The van der Waals surface area contributed by atoms with Gasteiger partial charge in [-0.1, -0.05) is 6.07 Å². The second-order valence-electron chi connectivity index (χ2n) is 11.2. The number of hydrogen-bond donors (Lipinski definition) is 2. The van der Waals surface area contributed by atoms with E-state index in [1.165, 1.54) is 23.4 Å². The SMILES string of the molecule is COc1ccc(Nc2ccc3c4c([nH]c3c2)CCC(N(C)C(=O)OCCOCCOCCOCCN2C(=O)C=CC2=O)C4)cc1OC. The normalized spacial score (nSPS) is 15.6. The summed E-state index contributed by atoms with van der Waals surface area (Å²) in [7, 11) is 5.01. The Kier molecular flexibility index (Phi) is 11.7. The summed E-state index contributed by atoms with van der Waals surface area (Å²) in [5.41, 5.74) is 5.32. The van der Waals surface area contributed by atoms with Crippen molar-refractivity contribution < 1.29 is 42.8 Å². The molecule has 5 rings (SSSR count). The van der Waals surface area contributed by atoms with Crippen LogP contribution in [0, 0.1) is 0 Å². The Bertz CT molecular complexity index is 1570. The molecule has 47 heavy (non-hydrogen) atoms. The number of ether oxygens (including phenoxy) is 6. The smallest absolute Gasteiger partial charge is 0.409 e. The molecule has 0 spiro atoms. The minimum atomic E-state index is -0.371. The quantitative estimate of drug-likeness (QED) is 0.164. The maximum absolute atomic E-state index is 12.8. The van der Waals surface area contributed by atoms with Gasteiger partial charge in [0.1, 0.15) is 6.61 Å². The predicted molar refractivity (Wildman–Crippen MR) is 174 cm³/mol. The van der Waals surface area contributed by atoms with Crippen LogP contribution in [0.4, 0.5) is 16.2 Å². The van der Waals surface area contributed by atoms with Crippen LogP contribution in [0.5, 0.6) is 11.5 Å². The zero-order chi connectivity index (χ0) is 33.2. The van der Waals surface area contributed by atoms with Crippen LogP contribution in [0.15, 0.2) is 48.6 Å². The molecule has 2 aliphatic rings. The molecule has 2 heterocycles. The number of carbonyl (C=O) groups excluding carboxylic acids is 3. The zero-order valence-electron chi connectivity index (χ0n) is 27.0. The highest BCUT2D eigenvalue weighted by atomic mass is 16.6. The molecule has 3 amide bonds. The summed E-state index contributed by atoms with van der Waals surface area (Å²) in [5, 5.41) is 4.59. The minimum absolute atomic E-state index is 0.0306. The first-order chi connectivity index (χ1) is 22.9. The van der Waals surface area contributed by atoms with Crippen molar-refractivity contribution in [3.05, 3.63) is 59.8 Å². The number of methoxy groups -OCH3 is 2. The average molecular weight is 651 g/mol. The first-order valence-electron chi connectivity index (χ1n) is 15.7. The second kappa shape index (κ2) is 16.3. The van der Waals surface area contributed by atoms with Crippen LogP contribution in [0.1, 0.15) is 17.7 Å². The largest absolute Gasteiger partial charge is 0.493 e. The zero-order valence-corrected chi connectivity index (χ0v) is 27.0. The van der Waals surface area contributed by atoms with Crippen LogP contribution in [-0.2, 0) is 41.4 Å². The van der Waals surface area contributed by atoms with E-state index in [9.17, 15) is 14.4 Å². The highest BCUT2D eigenvalue weighted by Crippen LogP contribution is 2.34. The molecule has 13 heteroatoms. The molecule has 1 atom stereocenters. The molecule has 252 valence electrons. The molecule has 0 radical (unpaired) electrons. The molecule has 0 fully saturated rings. The van der Waals surface area contributed by atoms with Gasteiger partial charge in [-0.2, -0.15) is 0 Å². The van der Waals surface area contributed by atoms with E-state index >= 15 is 0 Å². The lowest BCUT2D eigenvalue weighted by atomic mass is 9.91. The van der Waals surface area contributed by atoms with E-state index < -0.39 is 0 Å². The van der Waals surface area contributed by atoms with Crippen molar-refractivity contribution in [3.8, 4) is 11.5 Å². The standard InChI is InChI=1S/C34H42N4O9/c1-37(34(41)47-19-18-46-17-16-45-15-14-44-13-12-38-32(39)10-11-33(38)40)25-6-8-28-27(22-25)26-7-4-23(20-29(26)36-28)35-24-5-9-30(42-2)31(21-24)43-3/h4-5,7,9-11,20-21,25,35-36H,6,8,12-19,22H2,1-3H3. The highest BCUT2D eigenvalue weighted by Gasteiger charge is 2.28. The number of aromatic amines is 1. The Balaban J connectivity index is 0.977. The van der Waals surface area contributed by atoms with Crippen molar-refractivity contribution >= 4 is 40.2 Å². The number of amides is 3. The summed E-state index contributed by atoms with van der Waals surface area (Å²) in [6, 6.07) is 12.0. The number of nitrogens with zero attached hydrogens (tertiary/aromatic N) is 2. The maximum Gasteiger partial charge on any atom is 0.409 e. The van der Waals surface area contributed by atoms with Gasteiger partial charge in [0, 0.05) is 59.3 Å². The third kappa shape index (κ3) is 8.61. The number of nitrogens with one attached hydrogen (secondary N) is 2. The van der Waals surface area contributed by atoms with E-state index in [-0.39, 0.29) is 50.3 Å². The molecule has 0 saturated carbocycles. The first-order valence-corrected chi connectivity index (χ1v) is 15.7. The van der Waals surface area contributed by atoms with Crippen LogP contribution in [0.3, 0.4) is 0 Å². The van der Waals surface area contributed by atoms with Gasteiger partial charge in [-0.3, -0.25) is 14.5 Å². The van der Waals surface area contributed by atoms with Crippen molar-refractivity contribution in [2.75, 3.05) is 79.4 Å². The molecule has 1 aliphatic carbocycles. The Morgan fingerprint density at radius 3 is 2.21 bits per heavy atom. The van der Waals surface area contributed by atoms with E-state index in [0.717, 1.165) is 46.4 Å². The summed E-state index contributed by atoms with van der Waals surface area (Å²) < 4.78 is 32.6. The van der Waals surface area contributed by atoms with Gasteiger partial charge in [-0.15, -0.1) is 0 Å². The Morgan fingerprint density at radius 2 is 1.51 bits per heavy atom. The second-order valence-corrected chi connectivity index (χ2v) is 11.2. The lowest BCUT2D eigenvalue weighted by Gasteiger charge is -2.30. The fraction of sp³-hybridized carbons (Fsp3) is 0.441. The molecule has 1 aromatic heterocycles. The number of anilines is 2. The number of fused-ring (bicyclic) bond motifs is 3. The fourth-order valence-corrected chi connectivity index (χ4v) is 5.68. The molecule has 3 aromatic rings. The first kappa shape index (κ1) is 33.8. The van der Waals surface area contributed by atoms with Crippen LogP contribution in [-0.4, -0.2) is 113 Å². The van der Waals surface area contributed by atoms with Gasteiger partial charge in [0.2, 0.25) is 0 Å². The molecule has 1 aliphatic heterocycles. The van der Waals surface area contributed by atoms with Crippen LogP contribution in [0.25, 0.3) is 10.9 Å². The average Bonchev–Trinajstić information content (AvgIpc) is 3.61. The third-order valence-corrected chi connectivity index (χ3v) is 8.23. The number of aryl methyl sites for hydroxylation is 1. The van der Waals surface area contributed by atoms with Crippen molar-refractivity contribution in [3.63, 3.8) is 0 Å². The molecule has 13 nitrogen and oxygen atoms in total. The van der Waals surface area contributed by atoms with Gasteiger partial charge < -0.3 is 43.6 Å². The molecular formula is C34H42N4O9.